The van der Waals surface area contributed by atoms with Gasteiger partial charge in [0.25, 0.3) is 5.91 Å². The van der Waals surface area contributed by atoms with Crippen molar-refractivity contribution in [3.63, 3.8) is 0 Å². The highest BCUT2D eigenvalue weighted by molar-refractivity contribution is 6.06. The number of rotatable bonds is 3. The highest BCUT2D eigenvalue weighted by atomic mass is 16.4. The van der Waals surface area contributed by atoms with Gasteiger partial charge in [0, 0.05) is 0 Å². The van der Waals surface area contributed by atoms with Gasteiger partial charge in [0.15, 0.2) is 0 Å². The van der Waals surface area contributed by atoms with E-state index in [9.17, 15) is 14.4 Å². The number of nitrogens with zero attached hydrogens (tertiary/aromatic N) is 1. The summed E-state index contributed by atoms with van der Waals surface area (Å²) in [6.07, 6.45) is 0.210. The van der Waals surface area contributed by atoms with Crippen molar-refractivity contribution in [1.82, 2.24) is 10.2 Å². The monoisotopic (exact) mass is 200 g/mol. The first-order valence-electron chi connectivity index (χ1n) is 4.35. The highest BCUT2D eigenvalue weighted by Crippen LogP contribution is 2.13. The van der Waals surface area contributed by atoms with Crippen molar-refractivity contribution in [2.45, 2.75) is 32.4 Å². The first kappa shape index (κ1) is 10.5. The molecule has 0 aromatic rings. The van der Waals surface area contributed by atoms with Crippen molar-refractivity contribution in [3.8, 4) is 0 Å². The molecule has 14 heavy (non-hydrogen) atoms. The average molecular weight is 200 g/mol. The summed E-state index contributed by atoms with van der Waals surface area (Å²) in [5, 5.41) is 11.1. The lowest BCUT2D eigenvalue weighted by Gasteiger charge is -2.19. The van der Waals surface area contributed by atoms with Gasteiger partial charge < -0.3 is 10.4 Å². The van der Waals surface area contributed by atoms with Gasteiger partial charge in [0.1, 0.15) is 12.1 Å². The van der Waals surface area contributed by atoms with E-state index in [-0.39, 0.29) is 6.42 Å². The maximum Gasteiger partial charge on any atom is 0.326 e. The Morgan fingerprint density at radius 1 is 1.64 bits per heavy atom. The van der Waals surface area contributed by atoms with E-state index in [0.29, 0.717) is 0 Å². The van der Waals surface area contributed by atoms with E-state index in [1.807, 2.05) is 0 Å². The summed E-state index contributed by atoms with van der Waals surface area (Å²) in [6.45, 7) is 3.14. The summed E-state index contributed by atoms with van der Waals surface area (Å²) in [5.74, 6) is -1.64. The molecule has 2 unspecified atom stereocenters. The van der Waals surface area contributed by atoms with Crippen molar-refractivity contribution < 1.29 is 19.5 Å². The zero-order valence-corrected chi connectivity index (χ0v) is 7.98. The van der Waals surface area contributed by atoms with Crippen LogP contribution in [0.3, 0.4) is 0 Å². The molecule has 1 rings (SSSR count). The van der Waals surface area contributed by atoms with Crippen molar-refractivity contribution in [2.75, 3.05) is 0 Å². The molecule has 2 atom stereocenters. The largest absolute Gasteiger partial charge is 0.480 e. The number of hydrogen-bond acceptors (Lipinski definition) is 3. The Balaban J connectivity index is 2.90. The van der Waals surface area contributed by atoms with E-state index < -0.39 is 30.0 Å². The number of carbonyl (C=O) groups excluding carboxylic acids is 2. The van der Waals surface area contributed by atoms with E-state index in [2.05, 4.69) is 5.32 Å². The van der Waals surface area contributed by atoms with E-state index in [4.69, 9.17) is 5.11 Å². The van der Waals surface area contributed by atoms with Gasteiger partial charge in [-0.05, 0) is 13.3 Å². The topological polar surface area (TPSA) is 86.7 Å². The maximum absolute atomic E-state index is 11.4. The van der Waals surface area contributed by atoms with Crippen LogP contribution < -0.4 is 5.32 Å². The van der Waals surface area contributed by atoms with Crippen molar-refractivity contribution >= 4 is 17.9 Å². The van der Waals surface area contributed by atoms with Crippen LogP contribution in [-0.4, -0.2) is 40.0 Å². The maximum atomic E-state index is 11.4. The molecule has 2 N–H and O–H groups in total. The molecule has 78 valence electrons. The summed E-state index contributed by atoms with van der Waals surface area (Å²) in [5.41, 5.74) is 0. The van der Waals surface area contributed by atoms with Crippen LogP contribution in [0.2, 0.25) is 0 Å². The molecule has 1 fully saturated rings. The lowest BCUT2D eigenvalue weighted by molar-refractivity contribution is -0.146. The Bertz CT molecular complexity index is 289. The SMILES string of the molecule is CCC(C(=O)O)N1C(=O)NC(C)C1=O. The molecular formula is C8H12N2O4. The molecule has 1 heterocycles. The fraction of sp³-hybridized carbons (Fsp3) is 0.625. The summed E-state index contributed by atoms with van der Waals surface area (Å²) in [6, 6.07) is -2.32. The third kappa shape index (κ3) is 1.55. The van der Waals surface area contributed by atoms with E-state index in [0.717, 1.165) is 4.90 Å². The van der Waals surface area contributed by atoms with Crippen LogP contribution in [0, 0.1) is 0 Å². The number of urea groups is 1. The summed E-state index contributed by atoms with van der Waals surface area (Å²) in [4.78, 5) is 34.1. The predicted molar refractivity (Wildman–Crippen MR) is 46.6 cm³/mol. The van der Waals surface area contributed by atoms with Crippen LogP contribution in [0.4, 0.5) is 4.79 Å². The second-order valence-electron chi connectivity index (χ2n) is 3.14. The van der Waals surface area contributed by atoms with Crippen LogP contribution in [0.15, 0.2) is 0 Å². The lowest BCUT2D eigenvalue weighted by atomic mass is 10.2. The van der Waals surface area contributed by atoms with Crippen LogP contribution >= 0.6 is 0 Å². The molecule has 0 aromatic carbocycles. The number of amides is 3. The van der Waals surface area contributed by atoms with Crippen LogP contribution in [0.5, 0.6) is 0 Å². The Hall–Kier alpha value is -1.59. The molecule has 0 aliphatic carbocycles. The molecule has 0 aromatic heterocycles. The fourth-order valence-electron chi connectivity index (χ4n) is 1.39. The quantitative estimate of drug-likeness (QED) is 0.617. The van der Waals surface area contributed by atoms with Gasteiger partial charge in [0.2, 0.25) is 0 Å². The first-order valence-corrected chi connectivity index (χ1v) is 4.35. The molecular weight excluding hydrogens is 188 g/mol. The van der Waals surface area contributed by atoms with Gasteiger partial charge in [-0.15, -0.1) is 0 Å². The fourth-order valence-corrected chi connectivity index (χ4v) is 1.39. The minimum atomic E-state index is -1.16. The van der Waals surface area contributed by atoms with E-state index in [1.54, 1.807) is 6.92 Å². The summed E-state index contributed by atoms with van der Waals surface area (Å²) < 4.78 is 0. The molecule has 0 spiro atoms. The molecule has 6 heteroatoms. The molecule has 6 nitrogen and oxygen atoms in total. The number of carbonyl (C=O) groups is 3. The minimum Gasteiger partial charge on any atom is -0.480 e. The number of nitrogens with one attached hydrogen (secondary N) is 1. The Kier molecular flexibility index (Phi) is 2.73. The third-order valence-corrected chi connectivity index (χ3v) is 2.15. The summed E-state index contributed by atoms with van der Waals surface area (Å²) >= 11 is 0. The lowest BCUT2D eigenvalue weighted by Crippen LogP contribution is -2.45. The van der Waals surface area contributed by atoms with E-state index >= 15 is 0 Å². The van der Waals surface area contributed by atoms with Crippen molar-refractivity contribution in [2.24, 2.45) is 0 Å². The molecule has 0 saturated carbocycles. The first-order chi connectivity index (χ1) is 6.49. The predicted octanol–water partition coefficient (Wildman–Crippen LogP) is -0.210. The van der Waals surface area contributed by atoms with Gasteiger partial charge in [-0.2, -0.15) is 0 Å². The van der Waals surface area contributed by atoms with Crippen molar-refractivity contribution in [3.05, 3.63) is 0 Å². The average Bonchev–Trinajstić information content (AvgIpc) is 2.32. The standard InChI is InChI=1S/C8H12N2O4/c1-3-5(7(12)13)10-6(11)4(2)9-8(10)14/h4-5H,3H2,1-2H3,(H,9,14)(H,12,13). The van der Waals surface area contributed by atoms with Gasteiger partial charge in [-0.3, -0.25) is 4.79 Å². The number of hydrogen-bond donors (Lipinski definition) is 2. The van der Waals surface area contributed by atoms with Gasteiger partial charge in [-0.25, -0.2) is 14.5 Å². The minimum absolute atomic E-state index is 0.210. The molecule has 1 saturated heterocycles. The Morgan fingerprint density at radius 3 is 2.50 bits per heavy atom. The zero-order valence-electron chi connectivity index (χ0n) is 7.98. The second kappa shape index (κ2) is 3.65. The molecule has 1 aliphatic heterocycles. The van der Waals surface area contributed by atoms with Crippen LogP contribution in [0.25, 0.3) is 0 Å². The van der Waals surface area contributed by atoms with Crippen LogP contribution in [-0.2, 0) is 9.59 Å². The molecule has 0 bridgehead atoms. The van der Waals surface area contributed by atoms with Gasteiger partial charge >= 0.3 is 12.0 Å². The molecule has 1 aliphatic rings. The zero-order chi connectivity index (χ0) is 10.9. The normalized spacial score (nSPS) is 23.6. The van der Waals surface area contributed by atoms with Crippen LogP contribution in [0.1, 0.15) is 20.3 Å². The number of carboxylic acid groups (broad SMARTS) is 1. The number of carboxylic acids is 1. The summed E-state index contributed by atoms with van der Waals surface area (Å²) in [7, 11) is 0. The van der Waals surface area contributed by atoms with Crippen molar-refractivity contribution in [1.29, 1.82) is 0 Å². The third-order valence-electron chi connectivity index (χ3n) is 2.15. The Morgan fingerprint density at radius 2 is 2.21 bits per heavy atom. The van der Waals surface area contributed by atoms with Gasteiger partial charge in [0.05, 0.1) is 0 Å². The molecule has 3 amide bonds. The van der Waals surface area contributed by atoms with E-state index in [1.165, 1.54) is 6.92 Å². The number of imide groups is 1. The second-order valence-corrected chi connectivity index (χ2v) is 3.14. The highest BCUT2D eigenvalue weighted by Gasteiger charge is 2.41. The molecule has 0 radical (unpaired) electrons. The Labute approximate surface area is 80.9 Å². The smallest absolute Gasteiger partial charge is 0.326 e. The van der Waals surface area contributed by atoms with Gasteiger partial charge in [-0.1, -0.05) is 6.92 Å². The number of aliphatic carboxylic acids is 1.